The summed E-state index contributed by atoms with van der Waals surface area (Å²) in [5.74, 6) is 0. The first-order valence-electron chi connectivity index (χ1n) is 4.62. The van der Waals surface area contributed by atoms with Gasteiger partial charge in [0.05, 0.1) is 0 Å². The molecular weight excluding hydrogens is 219 g/mol. The van der Waals surface area contributed by atoms with Gasteiger partial charge in [-0.15, -0.1) is 0 Å². The maximum atomic E-state index is 5.85. The third-order valence-corrected chi connectivity index (χ3v) is 2.26. The van der Waals surface area contributed by atoms with Crippen LogP contribution in [0.4, 0.5) is 5.69 Å². The van der Waals surface area contributed by atoms with E-state index in [1.54, 1.807) is 6.07 Å². The summed E-state index contributed by atoms with van der Waals surface area (Å²) < 4.78 is 0. The average molecular weight is 233 g/mol. The van der Waals surface area contributed by atoms with Gasteiger partial charge in [-0.3, -0.25) is 0 Å². The summed E-state index contributed by atoms with van der Waals surface area (Å²) >= 11 is 11.7. The van der Waals surface area contributed by atoms with Crippen LogP contribution < -0.4 is 11.1 Å². The molecule has 1 aromatic carbocycles. The van der Waals surface area contributed by atoms with E-state index in [-0.39, 0.29) is 0 Å². The zero-order chi connectivity index (χ0) is 10.4. The normalized spacial score (nSPS) is 10.2. The summed E-state index contributed by atoms with van der Waals surface area (Å²) in [5.41, 5.74) is 6.34. The molecule has 3 N–H and O–H groups in total. The van der Waals surface area contributed by atoms with Gasteiger partial charge in [-0.2, -0.15) is 0 Å². The Morgan fingerprint density at radius 3 is 2.29 bits per heavy atom. The Morgan fingerprint density at radius 2 is 1.71 bits per heavy atom. The molecule has 0 spiro atoms. The van der Waals surface area contributed by atoms with E-state index in [4.69, 9.17) is 28.9 Å². The molecule has 1 aromatic rings. The molecule has 0 aliphatic carbocycles. The molecule has 0 unspecified atom stereocenters. The van der Waals surface area contributed by atoms with E-state index in [9.17, 15) is 0 Å². The molecular formula is C10H14Cl2N2. The fraction of sp³-hybridized carbons (Fsp3) is 0.400. The van der Waals surface area contributed by atoms with Crippen molar-refractivity contribution in [3.63, 3.8) is 0 Å². The van der Waals surface area contributed by atoms with Gasteiger partial charge in [0.2, 0.25) is 0 Å². The highest BCUT2D eigenvalue weighted by Crippen LogP contribution is 2.22. The fourth-order valence-corrected chi connectivity index (χ4v) is 1.68. The van der Waals surface area contributed by atoms with Gasteiger partial charge in [-0.1, -0.05) is 23.2 Å². The summed E-state index contributed by atoms with van der Waals surface area (Å²) in [7, 11) is 0. The molecule has 0 aliphatic heterocycles. The molecule has 0 fully saturated rings. The first-order valence-corrected chi connectivity index (χ1v) is 5.38. The van der Waals surface area contributed by atoms with Gasteiger partial charge in [-0.05, 0) is 37.6 Å². The van der Waals surface area contributed by atoms with E-state index in [1.807, 2.05) is 12.1 Å². The lowest BCUT2D eigenvalue weighted by Gasteiger charge is -2.06. The standard InChI is InChI=1S/C10H14Cl2N2/c11-8-5-9(12)7-10(6-8)14-4-2-1-3-13/h5-7,14H,1-4,13H2. The number of anilines is 1. The van der Waals surface area contributed by atoms with E-state index in [0.717, 1.165) is 31.6 Å². The molecule has 0 saturated heterocycles. The molecule has 14 heavy (non-hydrogen) atoms. The van der Waals surface area contributed by atoms with Gasteiger partial charge in [-0.25, -0.2) is 0 Å². The third-order valence-electron chi connectivity index (χ3n) is 1.82. The maximum absolute atomic E-state index is 5.85. The Kier molecular flexibility index (Phi) is 5.09. The average Bonchev–Trinajstić information content (AvgIpc) is 2.11. The van der Waals surface area contributed by atoms with Gasteiger partial charge in [0.25, 0.3) is 0 Å². The molecule has 0 saturated carbocycles. The van der Waals surface area contributed by atoms with Crippen molar-refractivity contribution < 1.29 is 0 Å². The SMILES string of the molecule is NCCCCNc1cc(Cl)cc(Cl)c1. The van der Waals surface area contributed by atoms with Crippen LogP contribution in [0.1, 0.15) is 12.8 Å². The molecule has 0 atom stereocenters. The Morgan fingerprint density at radius 1 is 1.07 bits per heavy atom. The Bertz CT molecular complexity index is 269. The zero-order valence-corrected chi connectivity index (χ0v) is 9.41. The van der Waals surface area contributed by atoms with E-state index in [1.165, 1.54) is 0 Å². The predicted molar refractivity (Wildman–Crippen MR) is 63.2 cm³/mol. The third kappa shape index (κ3) is 4.18. The first kappa shape index (κ1) is 11.6. The predicted octanol–water partition coefficient (Wildman–Crippen LogP) is 3.14. The number of hydrogen-bond acceptors (Lipinski definition) is 2. The number of nitrogens with one attached hydrogen (secondary N) is 1. The van der Waals surface area contributed by atoms with Crippen molar-refractivity contribution in [2.24, 2.45) is 5.73 Å². The van der Waals surface area contributed by atoms with Gasteiger partial charge in [0.1, 0.15) is 0 Å². The molecule has 2 nitrogen and oxygen atoms in total. The molecule has 78 valence electrons. The van der Waals surface area contributed by atoms with Crippen molar-refractivity contribution in [2.45, 2.75) is 12.8 Å². The van der Waals surface area contributed by atoms with Crippen molar-refractivity contribution in [1.29, 1.82) is 0 Å². The smallest absolute Gasteiger partial charge is 0.0441 e. The second kappa shape index (κ2) is 6.12. The molecule has 0 aliphatic rings. The highest BCUT2D eigenvalue weighted by atomic mass is 35.5. The largest absolute Gasteiger partial charge is 0.385 e. The minimum absolute atomic E-state index is 0.652. The van der Waals surface area contributed by atoms with Gasteiger partial charge >= 0.3 is 0 Å². The van der Waals surface area contributed by atoms with Crippen molar-refractivity contribution in [3.8, 4) is 0 Å². The Labute approximate surface area is 94.4 Å². The fourth-order valence-electron chi connectivity index (χ4n) is 1.16. The zero-order valence-electron chi connectivity index (χ0n) is 7.89. The van der Waals surface area contributed by atoms with Crippen molar-refractivity contribution in [1.82, 2.24) is 0 Å². The summed E-state index contributed by atoms with van der Waals surface area (Å²) in [6, 6.07) is 5.43. The van der Waals surface area contributed by atoms with Crippen molar-refractivity contribution >= 4 is 28.9 Å². The maximum Gasteiger partial charge on any atom is 0.0441 e. The topological polar surface area (TPSA) is 38.0 Å². The minimum atomic E-state index is 0.652. The number of unbranched alkanes of at least 4 members (excludes halogenated alkanes) is 1. The van der Waals surface area contributed by atoms with Crippen LogP contribution in [0.5, 0.6) is 0 Å². The lowest BCUT2D eigenvalue weighted by molar-refractivity contribution is 0.774. The monoisotopic (exact) mass is 232 g/mol. The Hall–Kier alpha value is -0.440. The van der Waals surface area contributed by atoms with E-state index < -0.39 is 0 Å². The van der Waals surface area contributed by atoms with E-state index in [2.05, 4.69) is 5.32 Å². The second-order valence-corrected chi connectivity index (χ2v) is 3.95. The van der Waals surface area contributed by atoms with Crippen LogP contribution in [-0.4, -0.2) is 13.1 Å². The molecule has 0 heterocycles. The van der Waals surface area contributed by atoms with Crippen LogP contribution in [-0.2, 0) is 0 Å². The lowest BCUT2D eigenvalue weighted by atomic mass is 10.3. The summed E-state index contributed by atoms with van der Waals surface area (Å²) in [6.45, 7) is 1.63. The molecule has 0 aromatic heterocycles. The van der Waals surface area contributed by atoms with Gasteiger partial charge < -0.3 is 11.1 Å². The van der Waals surface area contributed by atoms with Crippen LogP contribution in [0.3, 0.4) is 0 Å². The van der Waals surface area contributed by atoms with Crippen molar-refractivity contribution in [3.05, 3.63) is 28.2 Å². The number of halogens is 2. The van der Waals surface area contributed by atoms with Gasteiger partial charge in [0, 0.05) is 22.3 Å². The molecule has 0 bridgehead atoms. The van der Waals surface area contributed by atoms with Gasteiger partial charge in [0.15, 0.2) is 0 Å². The second-order valence-electron chi connectivity index (χ2n) is 3.08. The molecule has 0 amide bonds. The first-order chi connectivity index (χ1) is 6.72. The van der Waals surface area contributed by atoms with Crippen LogP contribution in [0.2, 0.25) is 10.0 Å². The van der Waals surface area contributed by atoms with Crippen LogP contribution >= 0.6 is 23.2 Å². The summed E-state index contributed by atoms with van der Waals surface area (Å²) in [6.07, 6.45) is 2.09. The van der Waals surface area contributed by atoms with E-state index in [0.29, 0.717) is 10.0 Å². The molecule has 0 radical (unpaired) electrons. The highest BCUT2D eigenvalue weighted by molar-refractivity contribution is 6.35. The van der Waals surface area contributed by atoms with Crippen LogP contribution in [0.25, 0.3) is 0 Å². The molecule has 4 heteroatoms. The number of hydrogen-bond donors (Lipinski definition) is 2. The highest BCUT2D eigenvalue weighted by Gasteiger charge is 1.96. The number of rotatable bonds is 5. The quantitative estimate of drug-likeness (QED) is 0.766. The number of benzene rings is 1. The van der Waals surface area contributed by atoms with Crippen LogP contribution in [0.15, 0.2) is 18.2 Å². The minimum Gasteiger partial charge on any atom is -0.385 e. The summed E-state index contributed by atoms with van der Waals surface area (Å²) in [4.78, 5) is 0. The molecule has 1 rings (SSSR count). The number of nitrogens with two attached hydrogens (primary N) is 1. The van der Waals surface area contributed by atoms with E-state index >= 15 is 0 Å². The lowest BCUT2D eigenvalue weighted by Crippen LogP contribution is -2.05. The van der Waals surface area contributed by atoms with Crippen LogP contribution in [0, 0.1) is 0 Å². The Balaban J connectivity index is 2.42. The summed E-state index contributed by atoms with van der Waals surface area (Å²) in [5, 5.41) is 4.54. The van der Waals surface area contributed by atoms with Crippen molar-refractivity contribution in [2.75, 3.05) is 18.4 Å².